The molecule has 1 N–H and O–H groups in total. The van der Waals surface area contributed by atoms with Crippen LogP contribution in [0, 0.1) is 12.8 Å². The summed E-state index contributed by atoms with van der Waals surface area (Å²) in [5.74, 6) is -0.358. The predicted octanol–water partition coefficient (Wildman–Crippen LogP) is 3.77. The van der Waals surface area contributed by atoms with Gasteiger partial charge in [0.25, 0.3) is 5.91 Å². The van der Waals surface area contributed by atoms with E-state index in [-0.39, 0.29) is 16.1 Å². The number of sulfonamides is 1. The fraction of sp³-hybridized carbons (Fsp3) is 0.304. The average Bonchev–Trinajstić information content (AvgIpc) is 2.74. The second-order valence-corrected chi connectivity index (χ2v) is 10.0. The first-order valence-corrected chi connectivity index (χ1v) is 11.6. The number of carbonyl (C=O) groups excluding carboxylic acids is 1. The molecule has 0 unspecified atom stereocenters. The highest BCUT2D eigenvalue weighted by molar-refractivity contribution is 7.89. The van der Waals surface area contributed by atoms with Crippen molar-refractivity contribution in [2.75, 3.05) is 18.4 Å². The number of anilines is 1. The van der Waals surface area contributed by atoms with Crippen LogP contribution in [0.25, 0.3) is 11.0 Å². The standard InChI is InChI=1S/C23H24N2O5S/c1-15-5-10-21-19(12-15)20(26)13-22(30-21)23(27)24-17-6-8-18(9-7-17)31(28,29)25-11-3-4-16(2)14-25/h5-10,12-13,16H,3-4,11,14H2,1-2H3,(H,24,27)/t16-/m1/s1. The van der Waals surface area contributed by atoms with E-state index in [1.54, 1.807) is 18.2 Å². The Bertz CT molecular complexity index is 1300. The minimum Gasteiger partial charge on any atom is -0.451 e. The number of carbonyl (C=O) groups is 1. The summed E-state index contributed by atoms with van der Waals surface area (Å²) in [6, 6.07) is 12.3. The van der Waals surface area contributed by atoms with Gasteiger partial charge < -0.3 is 9.73 Å². The molecule has 0 radical (unpaired) electrons. The summed E-state index contributed by atoms with van der Waals surface area (Å²) < 4.78 is 32.8. The smallest absolute Gasteiger partial charge is 0.291 e. The Morgan fingerprint density at radius 2 is 1.87 bits per heavy atom. The number of piperidine rings is 1. The van der Waals surface area contributed by atoms with Gasteiger partial charge in [0.2, 0.25) is 10.0 Å². The molecule has 0 bridgehead atoms. The molecule has 1 aromatic heterocycles. The molecule has 3 aromatic rings. The third-order valence-electron chi connectivity index (χ3n) is 5.48. The van der Waals surface area contributed by atoms with Crippen LogP contribution >= 0.6 is 0 Å². The van der Waals surface area contributed by atoms with Crippen molar-refractivity contribution in [2.24, 2.45) is 5.92 Å². The van der Waals surface area contributed by atoms with Crippen LogP contribution in [0.15, 0.2) is 62.6 Å². The molecule has 1 atom stereocenters. The molecule has 8 heteroatoms. The fourth-order valence-electron chi connectivity index (χ4n) is 3.80. The number of rotatable bonds is 4. The molecule has 0 saturated carbocycles. The highest BCUT2D eigenvalue weighted by atomic mass is 32.2. The van der Waals surface area contributed by atoms with Gasteiger partial charge >= 0.3 is 0 Å². The number of hydrogen-bond donors (Lipinski definition) is 1. The molecule has 2 heterocycles. The third-order valence-corrected chi connectivity index (χ3v) is 7.36. The maximum Gasteiger partial charge on any atom is 0.291 e. The molecule has 2 aromatic carbocycles. The quantitative estimate of drug-likeness (QED) is 0.666. The Morgan fingerprint density at radius 1 is 1.13 bits per heavy atom. The van der Waals surface area contributed by atoms with Gasteiger partial charge in [-0.1, -0.05) is 18.6 Å². The first-order valence-electron chi connectivity index (χ1n) is 10.2. The van der Waals surface area contributed by atoms with E-state index in [9.17, 15) is 18.0 Å². The Hall–Kier alpha value is -2.97. The lowest BCUT2D eigenvalue weighted by atomic mass is 10.0. The van der Waals surface area contributed by atoms with Gasteiger partial charge in [-0.25, -0.2) is 8.42 Å². The van der Waals surface area contributed by atoms with Crippen molar-refractivity contribution in [2.45, 2.75) is 31.6 Å². The summed E-state index contributed by atoms with van der Waals surface area (Å²) >= 11 is 0. The van der Waals surface area contributed by atoms with Crippen LogP contribution in [-0.2, 0) is 10.0 Å². The van der Waals surface area contributed by atoms with E-state index in [0.717, 1.165) is 24.5 Å². The number of benzene rings is 2. The first-order chi connectivity index (χ1) is 14.7. The second kappa shape index (κ2) is 8.28. The third kappa shape index (κ3) is 4.40. The van der Waals surface area contributed by atoms with E-state index in [1.807, 2.05) is 13.8 Å². The van der Waals surface area contributed by atoms with Crippen LogP contribution in [0.1, 0.15) is 35.9 Å². The van der Waals surface area contributed by atoms with E-state index in [1.165, 1.54) is 28.6 Å². The highest BCUT2D eigenvalue weighted by Crippen LogP contribution is 2.24. The van der Waals surface area contributed by atoms with Crippen molar-refractivity contribution < 1.29 is 17.6 Å². The Morgan fingerprint density at radius 3 is 2.58 bits per heavy atom. The van der Waals surface area contributed by atoms with Crippen molar-refractivity contribution in [3.05, 3.63) is 70.1 Å². The van der Waals surface area contributed by atoms with Gasteiger partial charge in [0.15, 0.2) is 11.2 Å². The summed E-state index contributed by atoms with van der Waals surface area (Å²) in [5.41, 5.74) is 1.36. The molecule has 1 aliphatic heterocycles. The molecule has 31 heavy (non-hydrogen) atoms. The molecule has 4 rings (SSSR count). The molecule has 7 nitrogen and oxygen atoms in total. The van der Waals surface area contributed by atoms with Gasteiger partial charge in [-0.2, -0.15) is 4.31 Å². The zero-order valence-electron chi connectivity index (χ0n) is 17.4. The van der Waals surface area contributed by atoms with Gasteiger partial charge in [-0.05, 0) is 62.1 Å². The van der Waals surface area contributed by atoms with E-state index in [0.29, 0.717) is 35.7 Å². The van der Waals surface area contributed by atoms with E-state index >= 15 is 0 Å². The summed E-state index contributed by atoms with van der Waals surface area (Å²) in [5, 5.41) is 3.06. The number of fused-ring (bicyclic) bond motifs is 1. The summed E-state index contributed by atoms with van der Waals surface area (Å²) in [4.78, 5) is 25.1. The average molecular weight is 441 g/mol. The van der Waals surface area contributed by atoms with Crippen molar-refractivity contribution in [1.29, 1.82) is 0 Å². The molecular formula is C23H24N2O5S. The molecule has 1 amide bonds. The van der Waals surface area contributed by atoms with Gasteiger partial charge in [-0.3, -0.25) is 9.59 Å². The van der Waals surface area contributed by atoms with Crippen LogP contribution in [-0.4, -0.2) is 31.7 Å². The molecule has 162 valence electrons. The van der Waals surface area contributed by atoms with Crippen molar-refractivity contribution in [3.8, 4) is 0 Å². The predicted molar refractivity (Wildman–Crippen MR) is 119 cm³/mol. The van der Waals surface area contributed by atoms with Gasteiger partial charge in [-0.15, -0.1) is 0 Å². The van der Waals surface area contributed by atoms with Gasteiger partial charge in [0, 0.05) is 24.8 Å². The lowest BCUT2D eigenvalue weighted by Crippen LogP contribution is -2.39. The topological polar surface area (TPSA) is 96.7 Å². The van der Waals surface area contributed by atoms with Crippen LogP contribution in [0.2, 0.25) is 0 Å². The van der Waals surface area contributed by atoms with E-state index in [2.05, 4.69) is 5.32 Å². The van der Waals surface area contributed by atoms with Gasteiger partial charge in [0.1, 0.15) is 5.58 Å². The minimum absolute atomic E-state index is 0.111. The normalized spacial score (nSPS) is 17.5. The maximum absolute atomic E-state index is 12.9. The zero-order valence-corrected chi connectivity index (χ0v) is 18.2. The lowest BCUT2D eigenvalue weighted by molar-refractivity contribution is 0.0997. The number of nitrogens with one attached hydrogen (secondary N) is 1. The van der Waals surface area contributed by atoms with Gasteiger partial charge in [0.05, 0.1) is 10.3 Å². The van der Waals surface area contributed by atoms with Crippen LogP contribution < -0.4 is 10.7 Å². The van der Waals surface area contributed by atoms with Crippen molar-refractivity contribution in [1.82, 2.24) is 4.31 Å². The van der Waals surface area contributed by atoms with Crippen molar-refractivity contribution in [3.63, 3.8) is 0 Å². The molecule has 1 aliphatic rings. The number of aryl methyl sites for hydroxylation is 1. The van der Waals surface area contributed by atoms with Crippen LogP contribution in [0.3, 0.4) is 0 Å². The Kier molecular flexibility index (Phi) is 5.68. The molecule has 0 spiro atoms. The SMILES string of the molecule is Cc1ccc2oc(C(=O)Nc3ccc(S(=O)(=O)N4CCC[C@@H](C)C4)cc3)cc(=O)c2c1. The summed E-state index contributed by atoms with van der Waals surface area (Å²) in [7, 11) is -3.57. The minimum atomic E-state index is -3.57. The summed E-state index contributed by atoms with van der Waals surface area (Å²) in [6.07, 6.45) is 1.88. The lowest BCUT2D eigenvalue weighted by Gasteiger charge is -2.30. The number of amides is 1. The number of hydrogen-bond acceptors (Lipinski definition) is 5. The first kappa shape index (κ1) is 21.3. The molecule has 0 aliphatic carbocycles. The molecule has 1 saturated heterocycles. The zero-order chi connectivity index (χ0) is 22.2. The largest absolute Gasteiger partial charge is 0.451 e. The fourth-order valence-corrected chi connectivity index (χ4v) is 5.40. The second-order valence-electron chi connectivity index (χ2n) is 8.06. The maximum atomic E-state index is 12.9. The van der Waals surface area contributed by atoms with Crippen LogP contribution in [0.4, 0.5) is 5.69 Å². The van der Waals surface area contributed by atoms with E-state index in [4.69, 9.17) is 4.42 Å². The molecular weight excluding hydrogens is 416 g/mol. The van der Waals surface area contributed by atoms with Crippen molar-refractivity contribution >= 4 is 32.6 Å². The Labute approximate surface area is 180 Å². The highest BCUT2D eigenvalue weighted by Gasteiger charge is 2.28. The number of nitrogens with zero attached hydrogens (tertiary/aromatic N) is 1. The Balaban J connectivity index is 1.53. The van der Waals surface area contributed by atoms with E-state index < -0.39 is 15.9 Å². The monoisotopic (exact) mass is 440 g/mol. The van der Waals surface area contributed by atoms with Crippen LogP contribution in [0.5, 0.6) is 0 Å². The summed E-state index contributed by atoms with van der Waals surface area (Å²) in [6.45, 7) is 4.95. The molecule has 1 fully saturated rings.